The van der Waals surface area contributed by atoms with Crippen LogP contribution in [0.4, 0.5) is 4.39 Å². The quantitative estimate of drug-likeness (QED) is 0.423. The minimum Gasteiger partial charge on any atom is -0.493 e. The number of benzene rings is 2. The second-order valence-corrected chi connectivity index (χ2v) is 6.91. The van der Waals surface area contributed by atoms with Crippen LogP contribution in [0.25, 0.3) is 5.82 Å². The number of hydrogen-bond donors (Lipinski definition) is 1. The summed E-state index contributed by atoms with van der Waals surface area (Å²) in [4.78, 5) is 15.4. The molecule has 7 nitrogen and oxygen atoms in total. The molecule has 4 rings (SSSR count). The van der Waals surface area contributed by atoms with Gasteiger partial charge in [0.1, 0.15) is 18.2 Å². The van der Waals surface area contributed by atoms with Gasteiger partial charge in [0, 0.05) is 30.3 Å². The van der Waals surface area contributed by atoms with E-state index in [0.29, 0.717) is 36.0 Å². The molecule has 0 atom stereocenters. The number of carboxylic acid groups (broad SMARTS) is 1. The summed E-state index contributed by atoms with van der Waals surface area (Å²) >= 11 is 0. The van der Waals surface area contributed by atoms with Crippen LogP contribution in [-0.4, -0.2) is 32.4 Å². The number of halogens is 1. The van der Waals surface area contributed by atoms with Crippen molar-refractivity contribution in [2.75, 3.05) is 6.61 Å². The molecule has 4 aromatic rings. The molecule has 0 aliphatic rings. The Kier molecular flexibility index (Phi) is 6.41. The summed E-state index contributed by atoms with van der Waals surface area (Å²) in [6, 6.07) is 18.6. The second-order valence-electron chi connectivity index (χ2n) is 6.91. The van der Waals surface area contributed by atoms with E-state index in [1.54, 1.807) is 12.1 Å². The number of carboxylic acids is 1. The van der Waals surface area contributed by atoms with Gasteiger partial charge in [-0.25, -0.2) is 14.2 Å². The third kappa shape index (κ3) is 5.10. The molecule has 8 heteroatoms. The van der Waals surface area contributed by atoms with Gasteiger partial charge < -0.3 is 14.6 Å². The second kappa shape index (κ2) is 9.74. The van der Waals surface area contributed by atoms with Crippen LogP contribution >= 0.6 is 0 Å². The SMILES string of the molecule is O=C(O)c1ccnc(-n2nccc2OCc2ccc(F)cc2OCCc2ccccc2)c1. The molecule has 0 unspecified atom stereocenters. The van der Waals surface area contributed by atoms with Gasteiger partial charge in [-0.05, 0) is 29.8 Å². The summed E-state index contributed by atoms with van der Waals surface area (Å²) in [7, 11) is 0. The third-order valence-electron chi connectivity index (χ3n) is 4.71. The fourth-order valence-electron chi connectivity index (χ4n) is 3.10. The molecule has 0 aliphatic heterocycles. The van der Waals surface area contributed by atoms with E-state index in [4.69, 9.17) is 9.47 Å². The summed E-state index contributed by atoms with van der Waals surface area (Å²) in [5.74, 6) is -0.393. The molecular formula is C24H20FN3O4. The molecule has 1 N–H and O–H groups in total. The largest absolute Gasteiger partial charge is 0.493 e. The molecule has 162 valence electrons. The number of aromatic nitrogens is 3. The normalized spacial score (nSPS) is 10.7. The maximum atomic E-state index is 13.8. The molecule has 0 aliphatic carbocycles. The first-order chi connectivity index (χ1) is 15.6. The van der Waals surface area contributed by atoms with Gasteiger partial charge in [-0.3, -0.25) is 0 Å². The van der Waals surface area contributed by atoms with Crippen LogP contribution in [0.3, 0.4) is 0 Å². The highest BCUT2D eigenvalue weighted by Gasteiger charge is 2.13. The summed E-state index contributed by atoms with van der Waals surface area (Å²) < 4.78 is 26.9. The minimum absolute atomic E-state index is 0.0871. The van der Waals surface area contributed by atoms with Gasteiger partial charge in [-0.1, -0.05) is 30.3 Å². The van der Waals surface area contributed by atoms with Crippen molar-refractivity contribution in [3.05, 3.63) is 102 Å². The van der Waals surface area contributed by atoms with Crippen LogP contribution in [0.2, 0.25) is 0 Å². The molecule has 2 aromatic heterocycles. The van der Waals surface area contributed by atoms with E-state index in [1.165, 1.54) is 41.3 Å². The van der Waals surface area contributed by atoms with Crippen LogP contribution < -0.4 is 9.47 Å². The van der Waals surface area contributed by atoms with E-state index >= 15 is 0 Å². The Bertz CT molecular complexity index is 1210. The molecule has 0 saturated carbocycles. The fourth-order valence-corrected chi connectivity index (χ4v) is 3.10. The Balaban J connectivity index is 1.46. The van der Waals surface area contributed by atoms with Gasteiger partial charge in [0.15, 0.2) is 5.82 Å². The minimum atomic E-state index is -1.06. The highest BCUT2D eigenvalue weighted by molar-refractivity contribution is 5.87. The molecule has 2 aromatic carbocycles. The number of carbonyl (C=O) groups is 1. The molecular weight excluding hydrogens is 413 g/mol. The Hall–Kier alpha value is -4.20. The van der Waals surface area contributed by atoms with E-state index < -0.39 is 11.8 Å². The molecule has 0 amide bonds. The zero-order chi connectivity index (χ0) is 22.3. The highest BCUT2D eigenvalue weighted by atomic mass is 19.1. The van der Waals surface area contributed by atoms with E-state index in [1.807, 2.05) is 30.3 Å². The predicted octanol–water partition coefficient (Wildman–Crippen LogP) is 4.31. The maximum Gasteiger partial charge on any atom is 0.335 e. The Morgan fingerprint density at radius 3 is 2.66 bits per heavy atom. The third-order valence-corrected chi connectivity index (χ3v) is 4.71. The Morgan fingerprint density at radius 2 is 1.84 bits per heavy atom. The zero-order valence-corrected chi connectivity index (χ0v) is 17.0. The molecule has 0 radical (unpaired) electrons. The molecule has 0 spiro atoms. The van der Waals surface area contributed by atoms with Gasteiger partial charge in [0.05, 0.1) is 18.4 Å². The summed E-state index contributed by atoms with van der Waals surface area (Å²) in [5, 5.41) is 13.4. The van der Waals surface area contributed by atoms with E-state index in [-0.39, 0.29) is 12.2 Å². The summed E-state index contributed by atoms with van der Waals surface area (Å²) in [6.45, 7) is 0.496. The molecule has 0 saturated heterocycles. The number of rotatable bonds is 9. The van der Waals surface area contributed by atoms with E-state index in [0.717, 1.165) is 5.56 Å². The van der Waals surface area contributed by atoms with Gasteiger partial charge in [-0.2, -0.15) is 9.78 Å². The van der Waals surface area contributed by atoms with Crippen LogP contribution in [0.5, 0.6) is 11.6 Å². The smallest absolute Gasteiger partial charge is 0.335 e. The monoisotopic (exact) mass is 433 g/mol. The number of nitrogens with zero attached hydrogens (tertiary/aromatic N) is 3. The van der Waals surface area contributed by atoms with Crippen molar-refractivity contribution in [2.45, 2.75) is 13.0 Å². The van der Waals surface area contributed by atoms with Gasteiger partial charge in [0.25, 0.3) is 0 Å². The van der Waals surface area contributed by atoms with Crippen molar-refractivity contribution < 1.29 is 23.8 Å². The molecule has 32 heavy (non-hydrogen) atoms. The molecule has 2 heterocycles. The lowest BCUT2D eigenvalue weighted by Crippen LogP contribution is -2.08. The van der Waals surface area contributed by atoms with Crippen LogP contribution in [0.1, 0.15) is 21.5 Å². The van der Waals surface area contributed by atoms with Crippen molar-refractivity contribution in [2.24, 2.45) is 0 Å². The lowest BCUT2D eigenvalue weighted by molar-refractivity contribution is 0.0696. The first-order valence-electron chi connectivity index (χ1n) is 9.92. The number of hydrogen-bond acceptors (Lipinski definition) is 5. The number of pyridine rings is 1. The van der Waals surface area contributed by atoms with Crippen molar-refractivity contribution >= 4 is 5.97 Å². The van der Waals surface area contributed by atoms with Crippen LogP contribution in [-0.2, 0) is 13.0 Å². The standard InChI is InChI=1S/C24H20FN3O4/c25-20-7-6-19(21(15-20)31-13-10-17-4-2-1-3-5-17)16-32-23-9-12-27-28(23)22-14-18(24(29)30)8-11-26-22/h1-9,11-12,14-15H,10,13,16H2,(H,29,30). The first-order valence-corrected chi connectivity index (χ1v) is 9.92. The van der Waals surface area contributed by atoms with Crippen molar-refractivity contribution in [3.8, 4) is 17.4 Å². The van der Waals surface area contributed by atoms with Crippen molar-refractivity contribution in [1.29, 1.82) is 0 Å². The predicted molar refractivity (Wildman–Crippen MR) is 115 cm³/mol. The highest BCUT2D eigenvalue weighted by Crippen LogP contribution is 2.24. The van der Waals surface area contributed by atoms with E-state index in [2.05, 4.69) is 10.1 Å². The lowest BCUT2D eigenvalue weighted by Gasteiger charge is -2.13. The van der Waals surface area contributed by atoms with Crippen molar-refractivity contribution in [3.63, 3.8) is 0 Å². The van der Waals surface area contributed by atoms with Gasteiger partial charge in [0.2, 0.25) is 5.88 Å². The topological polar surface area (TPSA) is 86.5 Å². The number of ether oxygens (including phenoxy) is 2. The van der Waals surface area contributed by atoms with E-state index in [9.17, 15) is 14.3 Å². The van der Waals surface area contributed by atoms with Crippen LogP contribution in [0.15, 0.2) is 79.1 Å². The van der Waals surface area contributed by atoms with Crippen molar-refractivity contribution in [1.82, 2.24) is 14.8 Å². The fraction of sp³-hybridized carbons (Fsp3) is 0.125. The van der Waals surface area contributed by atoms with Crippen LogP contribution in [0, 0.1) is 5.82 Å². The van der Waals surface area contributed by atoms with Gasteiger partial charge >= 0.3 is 5.97 Å². The maximum absolute atomic E-state index is 13.8. The zero-order valence-electron chi connectivity index (χ0n) is 17.0. The van der Waals surface area contributed by atoms with Gasteiger partial charge in [-0.15, -0.1) is 0 Å². The Labute approximate surface area is 183 Å². The lowest BCUT2D eigenvalue weighted by atomic mass is 10.1. The average Bonchev–Trinajstić information content (AvgIpc) is 3.28. The first kappa shape index (κ1) is 21.0. The number of aromatic carboxylic acids is 1. The molecule has 0 fully saturated rings. The Morgan fingerprint density at radius 1 is 1.00 bits per heavy atom. The molecule has 0 bridgehead atoms. The summed E-state index contributed by atoms with van der Waals surface area (Å²) in [6.07, 6.45) is 3.60. The summed E-state index contributed by atoms with van der Waals surface area (Å²) in [5.41, 5.74) is 1.88. The average molecular weight is 433 g/mol.